The minimum Gasteiger partial charge on any atom is -0.348 e. The van der Waals surface area contributed by atoms with Gasteiger partial charge in [-0.3, -0.25) is 0 Å². The predicted octanol–water partition coefficient (Wildman–Crippen LogP) is 3.27. The first-order valence-electron chi connectivity index (χ1n) is 7.34. The maximum atomic E-state index is 5.85. The highest BCUT2D eigenvalue weighted by Gasteiger charge is 2.50. The van der Waals surface area contributed by atoms with Gasteiger partial charge in [-0.2, -0.15) is 0 Å². The van der Waals surface area contributed by atoms with Gasteiger partial charge in [-0.05, 0) is 30.0 Å². The molecule has 102 valence electrons. The molecule has 1 saturated heterocycles. The van der Waals surface area contributed by atoms with Crippen molar-refractivity contribution >= 4 is 6.08 Å². The van der Waals surface area contributed by atoms with Crippen LogP contribution in [0.4, 0.5) is 0 Å². The molecule has 0 unspecified atom stereocenters. The zero-order chi connectivity index (χ0) is 13.6. The second-order valence-electron chi connectivity index (χ2n) is 5.98. The number of hydrogen-bond acceptors (Lipinski definition) is 2. The molecule has 1 aromatic rings. The van der Waals surface area contributed by atoms with Gasteiger partial charge in [0, 0.05) is 23.8 Å². The molecule has 1 aliphatic heterocycles. The maximum Gasteiger partial charge on any atom is 0.168 e. The van der Waals surface area contributed by atoms with E-state index in [0.29, 0.717) is 0 Å². The molecule has 0 aromatic heterocycles. The summed E-state index contributed by atoms with van der Waals surface area (Å²) >= 11 is 0. The third-order valence-electron chi connectivity index (χ3n) is 5.13. The lowest BCUT2D eigenvalue weighted by Gasteiger charge is -2.42. The Labute approximate surface area is 119 Å². The molecular weight excluding hydrogens is 248 g/mol. The molecular formula is C18H18O2. The molecule has 2 spiro atoms. The van der Waals surface area contributed by atoms with Crippen molar-refractivity contribution in [1.82, 2.24) is 0 Å². The van der Waals surface area contributed by atoms with E-state index in [1.165, 1.54) is 11.1 Å². The molecule has 1 aromatic carbocycles. The second-order valence-corrected chi connectivity index (χ2v) is 5.98. The fourth-order valence-electron chi connectivity index (χ4n) is 4.06. The van der Waals surface area contributed by atoms with Gasteiger partial charge in [0.15, 0.2) is 5.79 Å². The summed E-state index contributed by atoms with van der Waals surface area (Å²) in [4.78, 5) is 0. The summed E-state index contributed by atoms with van der Waals surface area (Å²) in [6.45, 7) is 1.45. The van der Waals surface area contributed by atoms with Crippen LogP contribution in [0.25, 0.3) is 6.08 Å². The summed E-state index contributed by atoms with van der Waals surface area (Å²) in [7, 11) is 0. The van der Waals surface area contributed by atoms with Crippen molar-refractivity contribution in [2.45, 2.75) is 36.9 Å². The number of ether oxygens (including phenoxy) is 2. The van der Waals surface area contributed by atoms with Gasteiger partial charge in [0.1, 0.15) is 0 Å². The largest absolute Gasteiger partial charge is 0.348 e. The highest BCUT2D eigenvalue weighted by atomic mass is 16.7. The van der Waals surface area contributed by atoms with Crippen LogP contribution in [0.1, 0.15) is 36.8 Å². The van der Waals surface area contributed by atoms with E-state index in [-0.39, 0.29) is 11.2 Å². The lowest BCUT2D eigenvalue weighted by Crippen LogP contribution is -2.42. The number of hydrogen-bond donors (Lipinski definition) is 0. The van der Waals surface area contributed by atoms with Crippen LogP contribution in [0, 0.1) is 12.3 Å². The second kappa shape index (κ2) is 4.22. The number of rotatable bonds is 0. The van der Waals surface area contributed by atoms with E-state index in [1.54, 1.807) is 0 Å². The molecule has 2 nitrogen and oxygen atoms in total. The molecule has 1 saturated carbocycles. The van der Waals surface area contributed by atoms with Crippen LogP contribution in [-0.4, -0.2) is 19.0 Å². The van der Waals surface area contributed by atoms with Gasteiger partial charge in [0.25, 0.3) is 0 Å². The van der Waals surface area contributed by atoms with E-state index >= 15 is 0 Å². The average molecular weight is 266 g/mol. The Kier molecular flexibility index (Phi) is 2.57. The van der Waals surface area contributed by atoms with Gasteiger partial charge in [-0.1, -0.05) is 30.2 Å². The third kappa shape index (κ3) is 1.54. The van der Waals surface area contributed by atoms with E-state index in [0.717, 1.165) is 44.5 Å². The van der Waals surface area contributed by atoms with E-state index in [9.17, 15) is 0 Å². The highest BCUT2D eigenvalue weighted by molar-refractivity contribution is 5.73. The monoisotopic (exact) mass is 266 g/mol. The molecule has 0 radical (unpaired) electrons. The van der Waals surface area contributed by atoms with Crippen molar-refractivity contribution in [3.05, 3.63) is 41.0 Å². The van der Waals surface area contributed by atoms with Crippen LogP contribution in [0.3, 0.4) is 0 Å². The van der Waals surface area contributed by atoms with Crippen molar-refractivity contribution in [1.29, 1.82) is 0 Å². The lowest BCUT2D eigenvalue weighted by atomic mass is 9.66. The van der Waals surface area contributed by atoms with E-state index < -0.39 is 0 Å². The Hall–Kier alpha value is -1.56. The molecule has 0 amide bonds. The summed E-state index contributed by atoms with van der Waals surface area (Å²) < 4.78 is 11.7. The topological polar surface area (TPSA) is 18.5 Å². The lowest BCUT2D eigenvalue weighted by molar-refractivity contribution is -0.182. The van der Waals surface area contributed by atoms with E-state index in [1.807, 2.05) is 0 Å². The van der Waals surface area contributed by atoms with Crippen LogP contribution >= 0.6 is 0 Å². The summed E-state index contributed by atoms with van der Waals surface area (Å²) in [6, 6.07) is 8.58. The van der Waals surface area contributed by atoms with Gasteiger partial charge < -0.3 is 9.47 Å². The molecule has 2 heteroatoms. The van der Waals surface area contributed by atoms with Gasteiger partial charge in [-0.25, -0.2) is 0 Å². The van der Waals surface area contributed by atoms with E-state index in [2.05, 4.69) is 36.3 Å². The molecule has 2 fully saturated rings. The molecule has 3 aliphatic rings. The summed E-state index contributed by atoms with van der Waals surface area (Å²) in [5.74, 6) is 2.60. The van der Waals surface area contributed by atoms with Crippen molar-refractivity contribution in [3.63, 3.8) is 0 Å². The summed E-state index contributed by atoms with van der Waals surface area (Å²) in [5, 5.41) is 0. The van der Waals surface area contributed by atoms with Gasteiger partial charge >= 0.3 is 0 Å². The smallest absolute Gasteiger partial charge is 0.168 e. The normalized spacial score (nSPS) is 25.4. The summed E-state index contributed by atoms with van der Waals surface area (Å²) in [5.41, 5.74) is 3.82. The molecule has 1 heterocycles. The number of benzene rings is 1. The quantitative estimate of drug-likeness (QED) is 0.671. The van der Waals surface area contributed by atoms with Gasteiger partial charge in [0.05, 0.1) is 13.2 Å². The first-order valence-corrected chi connectivity index (χ1v) is 7.34. The first-order chi connectivity index (χ1) is 9.78. The first kappa shape index (κ1) is 12.2. The van der Waals surface area contributed by atoms with Crippen molar-refractivity contribution in [2.75, 3.05) is 13.2 Å². The van der Waals surface area contributed by atoms with Crippen molar-refractivity contribution in [2.24, 2.45) is 0 Å². The maximum absolute atomic E-state index is 5.85. The average Bonchev–Trinajstić information content (AvgIpc) is 3.06. The minimum absolute atomic E-state index is 0.0197. The highest BCUT2D eigenvalue weighted by Crippen LogP contribution is 2.54. The Morgan fingerprint density at radius 2 is 1.70 bits per heavy atom. The Morgan fingerprint density at radius 3 is 2.40 bits per heavy atom. The van der Waals surface area contributed by atoms with Crippen molar-refractivity contribution < 1.29 is 9.47 Å². The van der Waals surface area contributed by atoms with Crippen LogP contribution in [-0.2, 0) is 14.9 Å². The van der Waals surface area contributed by atoms with E-state index in [4.69, 9.17) is 15.9 Å². The Balaban J connectivity index is 1.71. The van der Waals surface area contributed by atoms with Crippen LogP contribution < -0.4 is 0 Å². The minimum atomic E-state index is -0.331. The van der Waals surface area contributed by atoms with Crippen LogP contribution in [0.5, 0.6) is 0 Å². The predicted molar refractivity (Wildman–Crippen MR) is 78.0 cm³/mol. The molecule has 0 atom stereocenters. The fourth-order valence-corrected chi connectivity index (χ4v) is 4.06. The molecule has 20 heavy (non-hydrogen) atoms. The number of fused-ring (bicyclic) bond motifs is 2. The van der Waals surface area contributed by atoms with Gasteiger partial charge in [0.2, 0.25) is 0 Å². The van der Waals surface area contributed by atoms with Crippen LogP contribution in [0.15, 0.2) is 29.8 Å². The Morgan fingerprint density at radius 1 is 1.00 bits per heavy atom. The zero-order valence-electron chi connectivity index (χ0n) is 11.5. The number of allylic oxidation sites excluding steroid dienone is 1. The Bertz CT molecular complexity index is 605. The van der Waals surface area contributed by atoms with Crippen molar-refractivity contribution in [3.8, 4) is 12.3 Å². The molecule has 4 rings (SSSR count). The van der Waals surface area contributed by atoms with Crippen LogP contribution in [0.2, 0.25) is 0 Å². The number of terminal acetylenes is 1. The zero-order valence-corrected chi connectivity index (χ0v) is 11.5. The molecule has 2 aliphatic carbocycles. The molecule has 0 N–H and O–H groups in total. The SMILES string of the molecule is C#CC1=Cc2ccccc2C12CCC1(CC2)OCCO1. The molecule has 0 bridgehead atoms. The third-order valence-corrected chi connectivity index (χ3v) is 5.13. The standard InChI is InChI=1S/C18H18O2/c1-2-15-13-14-5-3-4-6-16(14)17(15)7-9-18(10-8-17)19-11-12-20-18/h1,3-6,13H,7-12H2. The van der Waals surface area contributed by atoms with Gasteiger partial charge in [-0.15, -0.1) is 6.42 Å². The summed E-state index contributed by atoms with van der Waals surface area (Å²) in [6.07, 6.45) is 11.9. The fraction of sp³-hybridized carbons (Fsp3) is 0.444.